The van der Waals surface area contributed by atoms with E-state index in [1.807, 2.05) is 44.7 Å². The zero-order valence-electron chi connectivity index (χ0n) is 15.3. The molecule has 0 bridgehead atoms. The van der Waals surface area contributed by atoms with Crippen molar-refractivity contribution in [2.75, 3.05) is 5.75 Å². The smallest absolute Gasteiger partial charge is 0.202 e. The number of unbranched alkanes of at least 4 members (excludes halogenated alkanes) is 3. The van der Waals surface area contributed by atoms with Crippen LogP contribution in [0.5, 0.6) is 5.75 Å². The van der Waals surface area contributed by atoms with E-state index in [1.165, 1.54) is 36.0 Å². The fourth-order valence-corrected chi connectivity index (χ4v) is 3.55. The van der Waals surface area contributed by atoms with Crippen molar-refractivity contribution >= 4 is 22.5 Å². The predicted octanol–water partition coefficient (Wildman–Crippen LogP) is 6.26. The fourth-order valence-electron chi connectivity index (χ4n) is 2.48. The molecule has 0 aliphatic heterocycles. The van der Waals surface area contributed by atoms with Gasteiger partial charge in [-0.1, -0.05) is 71.2 Å². The standard InChI is InChI=1S/C21H30O2S/c1-5-6-7-10-15-24-19-14-13-18(23-20(22)21(2,3)4)16-11-8-9-12-17(16)19/h8-9,11-14,20,22H,5-7,10,15H2,1-4H3. The largest absolute Gasteiger partial charge is 0.464 e. The van der Waals surface area contributed by atoms with Gasteiger partial charge in [-0.15, -0.1) is 11.8 Å². The summed E-state index contributed by atoms with van der Waals surface area (Å²) < 4.78 is 5.85. The Bertz CT molecular complexity index is 646. The maximum absolute atomic E-state index is 10.3. The number of aliphatic hydroxyl groups excluding tert-OH is 1. The number of rotatable bonds is 8. The molecule has 0 aliphatic carbocycles. The second-order valence-corrected chi connectivity index (χ2v) is 8.49. The van der Waals surface area contributed by atoms with Crippen molar-refractivity contribution in [1.82, 2.24) is 0 Å². The van der Waals surface area contributed by atoms with Crippen molar-refractivity contribution in [2.45, 2.75) is 64.6 Å². The summed E-state index contributed by atoms with van der Waals surface area (Å²) in [5.74, 6) is 1.90. The third kappa shape index (κ3) is 5.15. The Morgan fingerprint density at radius 1 is 1.00 bits per heavy atom. The molecule has 0 spiro atoms. The van der Waals surface area contributed by atoms with Crippen molar-refractivity contribution in [1.29, 1.82) is 0 Å². The number of aliphatic hydroxyl groups is 1. The van der Waals surface area contributed by atoms with Crippen LogP contribution in [0, 0.1) is 5.41 Å². The van der Waals surface area contributed by atoms with Gasteiger partial charge in [-0.25, -0.2) is 0 Å². The molecule has 1 atom stereocenters. The summed E-state index contributed by atoms with van der Waals surface area (Å²) in [5.41, 5.74) is -0.312. The normalized spacial score (nSPS) is 13.2. The first kappa shape index (κ1) is 19.1. The Balaban J connectivity index is 2.17. The van der Waals surface area contributed by atoms with Crippen LogP contribution < -0.4 is 4.74 Å². The third-order valence-corrected chi connectivity index (χ3v) is 5.24. The average Bonchev–Trinajstić information content (AvgIpc) is 2.55. The van der Waals surface area contributed by atoms with Crippen molar-refractivity contribution in [3.63, 3.8) is 0 Å². The zero-order chi connectivity index (χ0) is 17.6. The van der Waals surface area contributed by atoms with Gasteiger partial charge in [-0.05, 0) is 29.7 Å². The topological polar surface area (TPSA) is 29.5 Å². The molecule has 0 radical (unpaired) electrons. The maximum Gasteiger partial charge on any atom is 0.202 e. The van der Waals surface area contributed by atoms with Gasteiger partial charge in [-0.2, -0.15) is 0 Å². The third-order valence-electron chi connectivity index (χ3n) is 4.08. The second-order valence-electron chi connectivity index (χ2n) is 7.35. The average molecular weight is 347 g/mol. The molecule has 0 saturated heterocycles. The molecule has 2 aromatic rings. The summed E-state index contributed by atoms with van der Waals surface area (Å²) in [5, 5.41) is 12.5. The fraction of sp³-hybridized carbons (Fsp3) is 0.524. The van der Waals surface area contributed by atoms with E-state index in [9.17, 15) is 5.11 Å². The van der Waals surface area contributed by atoms with Crippen LogP contribution in [0.15, 0.2) is 41.3 Å². The minimum Gasteiger partial charge on any atom is -0.464 e. The lowest BCUT2D eigenvalue weighted by molar-refractivity contribution is -0.0923. The maximum atomic E-state index is 10.3. The molecule has 24 heavy (non-hydrogen) atoms. The van der Waals surface area contributed by atoms with Crippen LogP contribution >= 0.6 is 11.8 Å². The van der Waals surface area contributed by atoms with Crippen molar-refractivity contribution in [3.05, 3.63) is 36.4 Å². The summed E-state index contributed by atoms with van der Waals surface area (Å²) in [4.78, 5) is 1.29. The molecule has 1 unspecified atom stereocenters. The number of fused-ring (bicyclic) bond motifs is 1. The van der Waals surface area contributed by atoms with Gasteiger partial charge in [0.2, 0.25) is 6.29 Å². The van der Waals surface area contributed by atoms with E-state index < -0.39 is 6.29 Å². The highest BCUT2D eigenvalue weighted by atomic mass is 32.2. The molecule has 132 valence electrons. The Labute approximate surface area is 150 Å². The lowest BCUT2D eigenvalue weighted by Crippen LogP contribution is -2.31. The van der Waals surface area contributed by atoms with Crippen LogP contribution in [0.3, 0.4) is 0 Å². The Kier molecular flexibility index (Phi) is 7.00. The van der Waals surface area contributed by atoms with Gasteiger partial charge in [0.25, 0.3) is 0 Å². The highest BCUT2D eigenvalue weighted by Crippen LogP contribution is 2.36. The van der Waals surface area contributed by atoms with Crippen LogP contribution in [0.4, 0.5) is 0 Å². The molecule has 1 N–H and O–H groups in total. The van der Waals surface area contributed by atoms with Crippen LogP contribution in [-0.4, -0.2) is 17.1 Å². The summed E-state index contributed by atoms with van der Waals surface area (Å²) in [6.45, 7) is 8.16. The number of hydrogen-bond acceptors (Lipinski definition) is 3. The number of ether oxygens (including phenoxy) is 1. The molecule has 2 aromatic carbocycles. The lowest BCUT2D eigenvalue weighted by Gasteiger charge is -2.27. The summed E-state index contributed by atoms with van der Waals surface area (Å²) in [6.07, 6.45) is 4.33. The molecule has 0 heterocycles. The van der Waals surface area contributed by atoms with Gasteiger partial charge in [0.15, 0.2) is 0 Å². The second kappa shape index (κ2) is 8.77. The Morgan fingerprint density at radius 2 is 1.71 bits per heavy atom. The Morgan fingerprint density at radius 3 is 2.38 bits per heavy atom. The highest BCUT2D eigenvalue weighted by Gasteiger charge is 2.24. The van der Waals surface area contributed by atoms with Crippen LogP contribution in [0.1, 0.15) is 53.4 Å². The summed E-state index contributed by atoms with van der Waals surface area (Å²) in [7, 11) is 0. The molecule has 0 fully saturated rings. The molecule has 3 heteroatoms. The van der Waals surface area contributed by atoms with E-state index in [0.717, 1.165) is 16.9 Å². The summed E-state index contributed by atoms with van der Waals surface area (Å²) >= 11 is 1.92. The van der Waals surface area contributed by atoms with Gasteiger partial charge in [0.1, 0.15) is 5.75 Å². The minimum absolute atomic E-state index is 0.312. The van der Waals surface area contributed by atoms with E-state index in [4.69, 9.17) is 4.74 Å². The quantitative estimate of drug-likeness (QED) is 0.348. The van der Waals surface area contributed by atoms with Gasteiger partial charge in [-0.3, -0.25) is 0 Å². The van der Waals surface area contributed by atoms with Crippen molar-refractivity contribution in [3.8, 4) is 5.75 Å². The first-order chi connectivity index (χ1) is 11.4. The Hall–Kier alpha value is -1.19. The highest BCUT2D eigenvalue weighted by molar-refractivity contribution is 7.99. The van der Waals surface area contributed by atoms with Crippen LogP contribution in [0.2, 0.25) is 0 Å². The van der Waals surface area contributed by atoms with Crippen LogP contribution in [0.25, 0.3) is 10.8 Å². The molecular formula is C21H30O2S. The molecule has 0 saturated carbocycles. The molecule has 0 aliphatic rings. The van der Waals surface area contributed by atoms with Crippen molar-refractivity contribution < 1.29 is 9.84 Å². The van der Waals surface area contributed by atoms with Gasteiger partial charge in [0.05, 0.1) is 0 Å². The van der Waals surface area contributed by atoms with Gasteiger partial charge in [0, 0.05) is 15.7 Å². The first-order valence-corrected chi connectivity index (χ1v) is 9.91. The monoisotopic (exact) mass is 346 g/mol. The molecular weight excluding hydrogens is 316 g/mol. The number of thioether (sulfide) groups is 1. The van der Waals surface area contributed by atoms with Gasteiger partial charge >= 0.3 is 0 Å². The number of benzene rings is 2. The van der Waals surface area contributed by atoms with E-state index in [2.05, 4.69) is 31.2 Å². The molecule has 0 amide bonds. The van der Waals surface area contributed by atoms with Crippen LogP contribution in [-0.2, 0) is 0 Å². The van der Waals surface area contributed by atoms with E-state index in [1.54, 1.807) is 0 Å². The van der Waals surface area contributed by atoms with E-state index in [-0.39, 0.29) is 5.41 Å². The predicted molar refractivity (Wildman–Crippen MR) is 105 cm³/mol. The number of hydrogen-bond donors (Lipinski definition) is 1. The minimum atomic E-state index is -0.826. The lowest BCUT2D eigenvalue weighted by atomic mass is 9.96. The first-order valence-electron chi connectivity index (χ1n) is 8.92. The SMILES string of the molecule is CCCCCCSc1ccc(OC(O)C(C)(C)C)c2ccccc12. The molecule has 2 rings (SSSR count). The van der Waals surface area contributed by atoms with Crippen molar-refractivity contribution in [2.24, 2.45) is 5.41 Å². The molecule has 2 nitrogen and oxygen atoms in total. The molecule has 0 aromatic heterocycles. The van der Waals surface area contributed by atoms with E-state index in [0.29, 0.717) is 0 Å². The zero-order valence-corrected chi connectivity index (χ0v) is 16.2. The van der Waals surface area contributed by atoms with E-state index >= 15 is 0 Å². The summed E-state index contributed by atoms with van der Waals surface area (Å²) in [6, 6.07) is 12.4. The van der Waals surface area contributed by atoms with Gasteiger partial charge < -0.3 is 9.84 Å².